The van der Waals surface area contributed by atoms with Crippen LogP contribution < -0.4 is 5.14 Å². The molecule has 2 rings (SSSR count). The van der Waals surface area contributed by atoms with Crippen molar-refractivity contribution in [2.45, 2.75) is 44.0 Å². The quantitative estimate of drug-likeness (QED) is 0.832. The van der Waals surface area contributed by atoms with E-state index in [0.29, 0.717) is 5.92 Å². The van der Waals surface area contributed by atoms with Gasteiger partial charge in [-0.25, -0.2) is 18.5 Å². The molecule has 2 N–H and O–H groups in total. The smallest absolute Gasteiger partial charge is 0.238 e. The van der Waals surface area contributed by atoms with E-state index in [0.717, 1.165) is 16.3 Å². The van der Waals surface area contributed by atoms with Crippen molar-refractivity contribution < 1.29 is 13.2 Å². The molecule has 1 heterocycles. The van der Waals surface area contributed by atoms with Crippen LogP contribution in [-0.4, -0.2) is 31.3 Å². The normalized spacial score (nSPS) is 13.0. The van der Waals surface area contributed by atoms with E-state index in [1.54, 1.807) is 35.4 Å². The summed E-state index contributed by atoms with van der Waals surface area (Å²) in [6, 6.07) is 6.07. The van der Waals surface area contributed by atoms with E-state index in [-0.39, 0.29) is 23.3 Å². The third-order valence-electron chi connectivity index (χ3n) is 4.06. The lowest BCUT2D eigenvalue weighted by atomic mass is 10.1. The molecule has 0 aliphatic carbocycles. The third kappa shape index (κ3) is 4.87. The first-order valence-electron chi connectivity index (χ1n) is 7.92. The van der Waals surface area contributed by atoms with E-state index >= 15 is 0 Å². The fraction of sp³-hybridized carbons (Fsp3) is 0.412. The van der Waals surface area contributed by atoms with Gasteiger partial charge >= 0.3 is 0 Å². The average molecular weight is 382 g/mol. The number of rotatable bonds is 6. The van der Waals surface area contributed by atoms with E-state index in [9.17, 15) is 13.2 Å². The van der Waals surface area contributed by atoms with Gasteiger partial charge in [-0.15, -0.1) is 11.3 Å². The Morgan fingerprint density at radius 2 is 1.84 bits per heavy atom. The molecule has 0 fully saturated rings. The minimum Gasteiger partial charge on any atom is -0.339 e. The van der Waals surface area contributed by atoms with Crippen molar-refractivity contribution in [2.75, 3.05) is 7.05 Å². The van der Waals surface area contributed by atoms with Gasteiger partial charge in [0.1, 0.15) is 0 Å². The topological polar surface area (TPSA) is 93.4 Å². The van der Waals surface area contributed by atoms with Crippen LogP contribution >= 0.6 is 11.3 Å². The number of nitrogens with zero attached hydrogens (tertiary/aromatic N) is 2. The zero-order chi connectivity index (χ0) is 18.8. The van der Waals surface area contributed by atoms with Crippen molar-refractivity contribution in [3.63, 3.8) is 0 Å². The van der Waals surface area contributed by atoms with Gasteiger partial charge in [0.15, 0.2) is 0 Å². The molecule has 1 atom stereocenters. The highest BCUT2D eigenvalue weighted by Crippen LogP contribution is 2.23. The van der Waals surface area contributed by atoms with Gasteiger partial charge in [-0.2, -0.15) is 0 Å². The predicted octanol–water partition coefficient (Wildman–Crippen LogP) is 2.68. The van der Waals surface area contributed by atoms with Gasteiger partial charge in [0.25, 0.3) is 0 Å². The summed E-state index contributed by atoms with van der Waals surface area (Å²) in [5, 5.41) is 8.05. The molecule has 1 amide bonds. The van der Waals surface area contributed by atoms with Crippen molar-refractivity contribution in [1.29, 1.82) is 0 Å². The second-order valence-corrected chi connectivity index (χ2v) is 8.75. The van der Waals surface area contributed by atoms with Gasteiger partial charge in [0.2, 0.25) is 15.9 Å². The summed E-state index contributed by atoms with van der Waals surface area (Å²) in [6.07, 6.45) is 0.249. The number of nitrogens with two attached hydrogens (primary N) is 1. The van der Waals surface area contributed by atoms with Gasteiger partial charge in [0, 0.05) is 18.3 Å². The molecule has 0 spiro atoms. The van der Waals surface area contributed by atoms with Gasteiger partial charge in [0.05, 0.1) is 28.1 Å². The monoisotopic (exact) mass is 381 g/mol. The number of hydrogen-bond acceptors (Lipinski definition) is 5. The van der Waals surface area contributed by atoms with Crippen LogP contribution in [0.5, 0.6) is 0 Å². The maximum atomic E-state index is 12.5. The number of hydrogen-bond donors (Lipinski definition) is 1. The van der Waals surface area contributed by atoms with Crippen molar-refractivity contribution in [3.05, 3.63) is 45.9 Å². The highest BCUT2D eigenvalue weighted by molar-refractivity contribution is 7.89. The summed E-state index contributed by atoms with van der Waals surface area (Å²) >= 11 is 1.57. The predicted molar refractivity (Wildman–Crippen MR) is 98.9 cm³/mol. The summed E-state index contributed by atoms with van der Waals surface area (Å²) < 4.78 is 22.6. The van der Waals surface area contributed by atoms with E-state index in [4.69, 9.17) is 5.14 Å². The molecule has 0 bridgehead atoms. The van der Waals surface area contributed by atoms with Crippen LogP contribution in [0.15, 0.2) is 34.5 Å². The van der Waals surface area contributed by atoms with Crippen molar-refractivity contribution >= 4 is 27.3 Å². The van der Waals surface area contributed by atoms with E-state index < -0.39 is 10.0 Å². The molecule has 0 saturated carbocycles. The van der Waals surface area contributed by atoms with E-state index in [1.807, 2.05) is 12.3 Å². The molecule has 0 radical (unpaired) electrons. The largest absolute Gasteiger partial charge is 0.339 e. The molecule has 136 valence electrons. The summed E-state index contributed by atoms with van der Waals surface area (Å²) in [4.78, 5) is 18.7. The molecule has 0 aliphatic rings. The molecule has 6 nitrogen and oxygen atoms in total. The highest BCUT2D eigenvalue weighted by Gasteiger charge is 2.19. The average Bonchev–Trinajstić information content (AvgIpc) is 3.01. The van der Waals surface area contributed by atoms with Gasteiger partial charge < -0.3 is 4.90 Å². The molecular weight excluding hydrogens is 358 g/mol. The Morgan fingerprint density at radius 3 is 2.32 bits per heavy atom. The second-order valence-electron chi connectivity index (χ2n) is 6.30. The Labute approximate surface area is 152 Å². The number of benzene rings is 1. The maximum Gasteiger partial charge on any atom is 0.238 e. The Bertz CT molecular complexity index is 842. The van der Waals surface area contributed by atoms with E-state index in [1.165, 1.54) is 12.1 Å². The molecule has 25 heavy (non-hydrogen) atoms. The van der Waals surface area contributed by atoms with Gasteiger partial charge in [-0.3, -0.25) is 4.79 Å². The first kappa shape index (κ1) is 19.6. The second kappa shape index (κ2) is 7.63. The van der Waals surface area contributed by atoms with Crippen LogP contribution in [-0.2, 0) is 21.2 Å². The fourth-order valence-corrected chi connectivity index (χ4v) is 3.67. The molecule has 0 saturated heterocycles. The zero-order valence-corrected chi connectivity index (χ0v) is 16.4. The van der Waals surface area contributed by atoms with Crippen LogP contribution in [0.25, 0.3) is 0 Å². The number of aromatic nitrogens is 1. The Kier molecular flexibility index (Phi) is 5.97. The highest BCUT2D eigenvalue weighted by atomic mass is 32.2. The molecular formula is C17H23N3O3S2. The third-order valence-corrected chi connectivity index (χ3v) is 6.18. The van der Waals surface area contributed by atoms with Crippen molar-refractivity contribution in [1.82, 2.24) is 9.88 Å². The number of carbonyl (C=O) groups excluding carboxylic acids is 1. The number of primary sulfonamides is 1. The first-order chi connectivity index (χ1) is 11.6. The molecule has 8 heteroatoms. The Hall–Kier alpha value is -1.77. The molecule has 1 aromatic heterocycles. The van der Waals surface area contributed by atoms with Crippen LogP contribution in [0, 0.1) is 0 Å². The molecule has 0 aliphatic heterocycles. The lowest BCUT2D eigenvalue weighted by Gasteiger charge is -2.25. The maximum absolute atomic E-state index is 12.5. The summed E-state index contributed by atoms with van der Waals surface area (Å²) in [6.45, 7) is 6.04. The van der Waals surface area contributed by atoms with Crippen LogP contribution in [0.1, 0.15) is 49.0 Å². The van der Waals surface area contributed by atoms with Gasteiger partial charge in [-0.05, 0) is 24.6 Å². The molecule has 2 aromatic rings. The summed E-state index contributed by atoms with van der Waals surface area (Å²) in [5.74, 6) is 0.312. The van der Waals surface area contributed by atoms with Gasteiger partial charge in [-0.1, -0.05) is 26.0 Å². The number of thiazole rings is 1. The van der Waals surface area contributed by atoms with Crippen LogP contribution in [0.3, 0.4) is 0 Å². The minimum absolute atomic E-state index is 0.0383. The zero-order valence-electron chi connectivity index (χ0n) is 14.8. The minimum atomic E-state index is -3.71. The Balaban J connectivity index is 2.07. The van der Waals surface area contributed by atoms with Crippen LogP contribution in [0.4, 0.5) is 0 Å². The SMILES string of the molecule is CC(C)c1nc(CC(=O)N(C)C(C)c2ccc(S(N)(=O)=O)cc2)cs1. The lowest BCUT2D eigenvalue weighted by molar-refractivity contribution is -0.131. The van der Waals surface area contributed by atoms with Crippen molar-refractivity contribution in [3.8, 4) is 0 Å². The Morgan fingerprint density at radius 1 is 1.24 bits per heavy atom. The number of sulfonamides is 1. The number of carbonyl (C=O) groups is 1. The number of amides is 1. The number of likely N-dealkylation sites (N-methyl/N-ethyl adjacent to an activating group) is 1. The van der Waals surface area contributed by atoms with E-state index in [2.05, 4.69) is 18.8 Å². The van der Waals surface area contributed by atoms with Crippen molar-refractivity contribution in [2.24, 2.45) is 5.14 Å². The first-order valence-corrected chi connectivity index (χ1v) is 10.3. The summed E-state index contributed by atoms with van der Waals surface area (Å²) in [7, 11) is -1.98. The lowest BCUT2D eigenvalue weighted by Crippen LogP contribution is -2.31. The molecule has 1 unspecified atom stereocenters. The molecule has 1 aromatic carbocycles. The standard InChI is InChI=1S/C17H23N3O3S2/c1-11(2)17-19-14(10-24-17)9-16(21)20(4)12(3)13-5-7-15(8-6-13)25(18,22)23/h5-8,10-12H,9H2,1-4H3,(H2,18,22,23). The fourth-order valence-electron chi connectivity index (χ4n) is 2.32. The van der Waals surface area contributed by atoms with Crippen LogP contribution in [0.2, 0.25) is 0 Å². The summed E-state index contributed by atoms with van der Waals surface area (Å²) in [5.41, 5.74) is 1.62.